The van der Waals surface area contributed by atoms with Crippen LogP contribution in [0.2, 0.25) is 0 Å². The Morgan fingerprint density at radius 2 is 1.84 bits per heavy atom. The minimum atomic E-state index is -3.86. The van der Waals surface area contributed by atoms with Gasteiger partial charge >= 0.3 is 0 Å². The number of likely N-dealkylation sites (N-methyl/N-ethyl adjacent to an activating group) is 1. The van der Waals surface area contributed by atoms with Crippen LogP contribution < -0.4 is 9.46 Å². The molecule has 38 heavy (non-hydrogen) atoms. The number of piperidine rings is 1. The molecule has 2 aromatic rings. The summed E-state index contributed by atoms with van der Waals surface area (Å²) in [4.78, 5) is 21.1. The zero-order chi connectivity index (χ0) is 26.8. The number of β-amino-alcohol motifs (C(OH)–C–C–N with tert-alkyl or cyclic N) is 1. The quantitative estimate of drug-likeness (QED) is 0.600. The number of aromatic nitrogens is 1. The van der Waals surface area contributed by atoms with Gasteiger partial charge in [-0.05, 0) is 68.5 Å². The van der Waals surface area contributed by atoms with Gasteiger partial charge in [0.25, 0.3) is 5.91 Å². The fourth-order valence-electron chi connectivity index (χ4n) is 6.16. The summed E-state index contributed by atoms with van der Waals surface area (Å²) in [5, 5.41) is 10.6. The Hall–Kier alpha value is -2.53. The molecule has 5 rings (SSSR count). The third-order valence-electron chi connectivity index (χ3n) is 8.29. The van der Waals surface area contributed by atoms with Crippen LogP contribution in [0.1, 0.15) is 60.4 Å². The summed E-state index contributed by atoms with van der Waals surface area (Å²) in [5.41, 5.74) is 1.45. The largest absolute Gasteiger partial charge is 0.492 e. The summed E-state index contributed by atoms with van der Waals surface area (Å²) >= 11 is 0. The summed E-state index contributed by atoms with van der Waals surface area (Å²) < 4.78 is 35.4. The summed E-state index contributed by atoms with van der Waals surface area (Å²) in [6.07, 6.45) is 8.41. The van der Waals surface area contributed by atoms with Crippen molar-refractivity contribution in [3.8, 4) is 5.75 Å². The Morgan fingerprint density at radius 1 is 1.13 bits per heavy atom. The average molecular weight is 543 g/mol. The van der Waals surface area contributed by atoms with E-state index in [2.05, 4.69) is 9.71 Å². The van der Waals surface area contributed by atoms with E-state index in [-0.39, 0.29) is 22.8 Å². The molecular weight excluding hydrogens is 504 g/mol. The third-order valence-corrected chi connectivity index (χ3v) is 9.76. The van der Waals surface area contributed by atoms with Gasteiger partial charge in [0.05, 0.1) is 12.7 Å². The second kappa shape index (κ2) is 11.3. The zero-order valence-electron chi connectivity index (χ0n) is 22.0. The van der Waals surface area contributed by atoms with Crippen molar-refractivity contribution in [1.82, 2.24) is 19.5 Å². The molecular formula is C28H38N4O5S. The van der Waals surface area contributed by atoms with E-state index in [4.69, 9.17) is 4.74 Å². The topological polar surface area (TPSA) is 112 Å². The van der Waals surface area contributed by atoms with E-state index >= 15 is 0 Å². The lowest BCUT2D eigenvalue weighted by atomic mass is 9.78. The van der Waals surface area contributed by atoms with Gasteiger partial charge in [0.15, 0.2) is 0 Å². The smallest absolute Gasteiger partial charge is 0.253 e. The van der Waals surface area contributed by atoms with Gasteiger partial charge in [0.2, 0.25) is 10.0 Å². The highest BCUT2D eigenvalue weighted by atomic mass is 32.2. The minimum absolute atomic E-state index is 0.0104. The predicted molar refractivity (Wildman–Crippen MR) is 144 cm³/mol. The molecule has 1 aromatic heterocycles. The van der Waals surface area contributed by atoms with Crippen molar-refractivity contribution in [2.75, 3.05) is 46.4 Å². The number of amides is 1. The van der Waals surface area contributed by atoms with Crippen LogP contribution in [0.5, 0.6) is 5.75 Å². The lowest BCUT2D eigenvalue weighted by Gasteiger charge is -2.44. The number of pyridine rings is 1. The lowest BCUT2D eigenvalue weighted by Crippen LogP contribution is -2.51. The minimum Gasteiger partial charge on any atom is -0.492 e. The number of sulfonamides is 1. The standard InChI is InChI=1S/C28H38N4O5S/c1-31-18-24(33)17-30-38(35,36)26-7-6-23(21-4-2-3-5-21)16-25(26)37-20-28(19-31)10-14-32(15-11-28)27(34)22-8-12-29-13-9-22/h6-9,12-13,16,21,24,30,33H,2-5,10-11,14-15,17-20H2,1H3. The Labute approximate surface area is 225 Å². The zero-order valence-corrected chi connectivity index (χ0v) is 22.8. The molecule has 1 spiro atoms. The molecule has 3 heterocycles. The molecule has 2 aliphatic heterocycles. The van der Waals surface area contributed by atoms with Crippen molar-refractivity contribution < 1.29 is 23.1 Å². The molecule has 1 saturated heterocycles. The molecule has 1 aromatic carbocycles. The van der Waals surface area contributed by atoms with E-state index in [0.717, 1.165) is 18.4 Å². The molecule has 3 aliphatic rings. The van der Waals surface area contributed by atoms with Crippen molar-refractivity contribution in [2.45, 2.75) is 55.4 Å². The number of nitrogens with zero attached hydrogens (tertiary/aromatic N) is 3. The fourth-order valence-corrected chi connectivity index (χ4v) is 7.36. The summed E-state index contributed by atoms with van der Waals surface area (Å²) in [6.45, 7) is 2.42. The highest BCUT2D eigenvalue weighted by Crippen LogP contribution is 2.39. The maximum atomic E-state index is 13.2. The molecule has 1 aliphatic carbocycles. The normalized spacial score (nSPS) is 24.7. The number of likely N-dealkylation sites (tertiary alicyclic amines) is 1. The van der Waals surface area contributed by atoms with E-state index in [1.54, 1.807) is 30.6 Å². The van der Waals surface area contributed by atoms with Crippen molar-refractivity contribution in [3.63, 3.8) is 0 Å². The predicted octanol–water partition coefficient (Wildman–Crippen LogP) is 2.63. The van der Waals surface area contributed by atoms with Gasteiger partial charge < -0.3 is 19.6 Å². The van der Waals surface area contributed by atoms with Crippen molar-refractivity contribution >= 4 is 15.9 Å². The van der Waals surface area contributed by atoms with Gasteiger partial charge in [0, 0.05) is 56.1 Å². The third kappa shape index (κ3) is 6.03. The maximum Gasteiger partial charge on any atom is 0.253 e. The first kappa shape index (κ1) is 27.1. The molecule has 2 N–H and O–H groups in total. The number of carbonyl (C=O) groups excluding carboxylic acids is 1. The molecule has 10 heteroatoms. The number of rotatable bonds is 2. The summed E-state index contributed by atoms with van der Waals surface area (Å²) in [5.74, 6) is 0.781. The number of aliphatic hydroxyl groups excluding tert-OH is 1. The maximum absolute atomic E-state index is 13.2. The van der Waals surface area contributed by atoms with Crippen LogP contribution >= 0.6 is 0 Å². The van der Waals surface area contributed by atoms with Crippen LogP contribution in [-0.4, -0.2) is 86.7 Å². The molecule has 0 bridgehead atoms. The monoisotopic (exact) mass is 542 g/mol. The number of hydrogen-bond donors (Lipinski definition) is 2. The van der Waals surface area contributed by atoms with E-state index in [0.29, 0.717) is 62.9 Å². The van der Waals surface area contributed by atoms with Crippen LogP contribution in [0.3, 0.4) is 0 Å². The molecule has 1 atom stereocenters. The summed E-state index contributed by atoms with van der Waals surface area (Å²) in [6, 6.07) is 8.93. The average Bonchev–Trinajstić information content (AvgIpc) is 3.46. The van der Waals surface area contributed by atoms with Crippen LogP contribution in [0.15, 0.2) is 47.6 Å². The van der Waals surface area contributed by atoms with E-state index in [9.17, 15) is 18.3 Å². The fraction of sp³-hybridized carbons (Fsp3) is 0.571. The van der Waals surface area contributed by atoms with Crippen LogP contribution in [0.25, 0.3) is 0 Å². The second-order valence-corrected chi connectivity index (χ2v) is 12.9. The first-order chi connectivity index (χ1) is 18.2. The molecule has 2 fully saturated rings. The summed E-state index contributed by atoms with van der Waals surface area (Å²) in [7, 11) is -1.93. The van der Waals surface area contributed by atoms with E-state index in [1.165, 1.54) is 12.8 Å². The van der Waals surface area contributed by atoms with Gasteiger partial charge in [-0.15, -0.1) is 0 Å². The number of nitrogens with one attached hydrogen (secondary N) is 1. The van der Waals surface area contributed by atoms with Gasteiger partial charge in [-0.25, -0.2) is 13.1 Å². The Morgan fingerprint density at radius 3 is 2.55 bits per heavy atom. The molecule has 1 unspecified atom stereocenters. The second-order valence-electron chi connectivity index (χ2n) is 11.2. The number of carbonyl (C=O) groups is 1. The number of aliphatic hydroxyl groups is 1. The Kier molecular flexibility index (Phi) is 8.04. The number of fused-ring (bicyclic) bond motifs is 1. The van der Waals surface area contributed by atoms with E-state index in [1.807, 2.05) is 29.0 Å². The number of hydrogen-bond acceptors (Lipinski definition) is 7. The Balaban J connectivity index is 1.41. The SMILES string of the molecule is CN1CC(O)CNS(=O)(=O)c2ccc(C3CCCC3)cc2OCC2(CCN(C(=O)c3ccncc3)CC2)C1. The van der Waals surface area contributed by atoms with Crippen LogP contribution in [-0.2, 0) is 10.0 Å². The van der Waals surface area contributed by atoms with Crippen LogP contribution in [0.4, 0.5) is 0 Å². The van der Waals surface area contributed by atoms with Gasteiger partial charge in [0.1, 0.15) is 10.6 Å². The molecule has 0 radical (unpaired) electrons. The molecule has 206 valence electrons. The molecule has 1 amide bonds. The Bertz CT molecular complexity index is 1230. The van der Waals surface area contributed by atoms with Crippen molar-refractivity contribution in [2.24, 2.45) is 5.41 Å². The van der Waals surface area contributed by atoms with Crippen molar-refractivity contribution in [1.29, 1.82) is 0 Å². The highest BCUT2D eigenvalue weighted by molar-refractivity contribution is 7.89. The lowest BCUT2D eigenvalue weighted by molar-refractivity contribution is 0.0159. The molecule has 1 saturated carbocycles. The van der Waals surface area contributed by atoms with Crippen LogP contribution in [0, 0.1) is 5.41 Å². The highest BCUT2D eigenvalue weighted by Gasteiger charge is 2.39. The number of benzene rings is 1. The van der Waals surface area contributed by atoms with Gasteiger partial charge in [-0.1, -0.05) is 18.9 Å². The van der Waals surface area contributed by atoms with Gasteiger partial charge in [-0.2, -0.15) is 0 Å². The molecule has 9 nitrogen and oxygen atoms in total. The number of ether oxygens (including phenoxy) is 1. The van der Waals surface area contributed by atoms with Crippen molar-refractivity contribution in [3.05, 3.63) is 53.9 Å². The van der Waals surface area contributed by atoms with E-state index < -0.39 is 16.1 Å². The first-order valence-corrected chi connectivity index (χ1v) is 15.1. The first-order valence-electron chi connectivity index (χ1n) is 13.6. The van der Waals surface area contributed by atoms with Gasteiger partial charge in [-0.3, -0.25) is 9.78 Å².